The third-order valence-corrected chi connectivity index (χ3v) is 5.21. The van der Waals surface area contributed by atoms with Crippen LogP contribution in [0.15, 0.2) is 48.5 Å². The van der Waals surface area contributed by atoms with Gasteiger partial charge in [-0.25, -0.2) is 8.78 Å². The van der Waals surface area contributed by atoms with Crippen molar-refractivity contribution < 1.29 is 8.78 Å². The molecule has 1 atom stereocenters. The zero-order chi connectivity index (χ0) is 17.5. The van der Waals surface area contributed by atoms with E-state index in [1.165, 1.54) is 42.5 Å². The van der Waals surface area contributed by atoms with E-state index < -0.39 is 6.67 Å². The third-order valence-electron chi connectivity index (χ3n) is 5.21. The number of hydrogen-bond acceptors (Lipinski definition) is 1. The van der Waals surface area contributed by atoms with Gasteiger partial charge in [-0.15, -0.1) is 0 Å². The summed E-state index contributed by atoms with van der Waals surface area (Å²) in [5.74, 6) is 0.532. The Bertz CT molecular complexity index is 632. The topological polar surface area (TPSA) is 12.0 Å². The fourth-order valence-electron chi connectivity index (χ4n) is 3.38. The van der Waals surface area contributed by atoms with E-state index in [-0.39, 0.29) is 11.9 Å². The van der Waals surface area contributed by atoms with Crippen LogP contribution in [0.3, 0.4) is 0 Å². The standard InChI is InChI=1S/C22H27F2N/c23-16-22(15-18-8-12-21(24)13-9-18)25-14-2-3-17-6-10-20(11-7-17)19-4-1-5-19/h6-13,19,22,25H,1-5,14-16H2. The number of nitrogens with one attached hydrogen (secondary N) is 1. The van der Waals surface area contributed by atoms with Gasteiger partial charge in [0.1, 0.15) is 12.5 Å². The van der Waals surface area contributed by atoms with Crippen LogP contribution in [-0.4, -0.2) is 19.3 Å². The SMILES string of the molecule is FCC(Cc1ccc(F)cc1)NCCCc1ccc(C2CCC2)cc1. The first-order chi connectivity index (χ1) is 12.2. The van der Waals surface area contributed by atoms with E-state index >= 15 is 0 Å². The van der Waals surface area contributed by atoms with Gasteiger partial charge in [0.15, 0.2) is 0 Å². The summed E-state index contributed by atoms with van der Waals surface area (Å²) in [6.45, 7) is 0.383. The van der Waals surface area contributed by atoms with E-state index in [1.807, 2.05) is 0 Å². The minimum atomic E-state index is -0.409. The van der Waals surface area contributed by atoms with Gasteiger partial charge in [-0.05, 0) is 73.4 Å². The quantitative estimate of drug-likeness (QED) is 0.617. The highest BCUT2D eigenvalue weighted by Crippen LogP contribution is 2.36. The van der Waals surface area contributed by atoms with E-state index in [1.54, 1.807) is 12.1 Å². The molecule has 1 nitrogen and oxygen atoms in total. The Morgan fingerprint density at radius 2 is 1.64 bits per heavy atom. The summed E-state index contributed by atoms with van der Waals surface area (Å²) >= 11 is 0. The number of benzene rings is 2. The van der Waals surface area contributed by atoms with Gasteiger partial charge in [0.25, 0.3) is 0 Å². The summed E-state index contributed by atoms with van der Waals surface area (Å²) < 4.78 is 26.1. The zero-order valence-corrected chi connectivity index (χ0v) is 14.7. The first-order valence-corrected chi connectivity index (χ1v) is 9.37. The van der Waals surface area contributed by atoms with Gasteiger partial charge >= 0.3 is 0 Å². The predicted octanol–water partition coefficient (Wildman–Crippen LogP) is 5.20. The first-order valence-electron chi connectivity index (χ1n) is 9.37. The second kappa shape index (κ2) is 9.10. The molecule has 1 unspecified atom stereocenters. The molecule has 1 N–H and O–H groups in total. The van der Waals surface area contributed by atoms with Gasteiger partial charge in [-0.2, -0.15) is 0 Å². The van der Waals surface area contributed by atoms with Crippen LogP contribution in [0, 0.1) is 5.82 Å². The average Bonchev–Trinajstić information content (AvgIpc) is 2.59. The summed E-state index contributed by atoms with van der Waals surface area (Å²) in [7, 11) is 0. The predicted molar refractivity (Wildman–Crippen MR) is 99.2 cm³/mol. The number of hydrogen-bond donors (Lipinski definition) is 1. The molecule has 0 saturated heterocycles. The van der Waals surface area contributed by atoms with Gasteiger partial charge < -0.3 is 5.32 Å². The van der Waals surface area contributed by atoms with E-state index in [2.05, 4.69) is 29.6 Å². The van der Waals surface area contributed by atoms with Crippen molar-refractivity contribution in [1.29, 1.82) is 0 Å². The van der Waals surface area contributed by atoms with Gasteiger partial charge in [0.2, 0.25) is 0 Å². The Hall–Kier alpha value is -1.74. The van der Waals surface area contributed by atoms with Crippen LogP contribution in [0.5, 0.6) is 0 Å². The number of aryl methyl sites for hydroxylation is 1. The Morgan fingerprint density at radius 3 is 2.24 bits per heavy atom. The van der Waals surface area contributed by atoms with Crippen molar-refractivity contribution in [3.63, 3.8) is 0 Å². The maximum absolute atomic E-state index is 13.2. The molecule has 25 heavy (non-hydrogen) atoms. The molecule has 1 aliphatic rings. The second-order valence-corrected chi connectivity index (χ2v) is 7.11. The molecule has 0 bridgehead atoms. The van der Waals surface area contributed by atoms with E-state index in [4.69, 9.17) is 0 Å². The third kappa shape index (κ3) is 5.37. The smallest absolute Gasteiger partial charge is 0.123 e. The molecule has 2 aromatic carbocycles. The summed E-state index contributed by atoms with van der Waals surface area (Å²) in [4.78, 5) is 0. The summed E-state index contributed by atoms with van der Waals surface area (Å²) in [5, 5.41) is 3.28. The van der Waals surface area contributed by atoms with E-state index in [0.717, 1.165) is 30.9 Å². The molecular weight excluding hydrogens is 316 g/mol. The summed E-state index contributed by atoms with van der Waals surface area (Å²) in [6.07, 6.45) is 6.62. The van der Waals surface area contributed by atoms with Crippen LogP contribution in [-0.2, 0) is 12.8 Å². The molecule has 0 heterocycles. The lowest BCUT2D eigenvalue weighted by atomic mass is 9.80. The molecule has 1 fully saturated rings. The first kappa shape index (κ1) is 18.1. The number of alkyl halides is 1. The lowest BCUT2D eigenvalue weighted by Gasteiger charge is -2.25. The molecule has 0 aromatic heterocycles. The fraction of sp³-hybridized carbons (Fsp3) is 0.455. The van der Waals surface area contributed by atoms with Gasteiger partial charge in [-0.1, -0.05) is 42.8 Å². The minimum absolute atomic E-state index is 0.202. The Labute approximate surface area is 149 Å². The lowest BCUT2D eigenvalue weighted by molar-refractivity contribution is 0.371. The van der Waals surface area contributed by atoms with Crippen molar-refractivity contribution in [1.82, 2.24) is 5.32 Å². The molecular formula is C22H27F2N. The van der Waals surface area contributed by atoms with Crippen LogP contribution in [0.2, 0.25) is 0 Å². The minimum Gasteiger partial charge on any atom is -0.311 e. The van der Waals surface area contributed by atoms with Gasteiger partial charge in [0.05, 0.1) is 0 Å². The monoisotopic (exact) mass is 343 g/mol. The largest absolute Gasteiger partial charge is 0.311 e. The molecule has 1 saturated carbocycles. The van der Waals surface area contributed by atoms with Crippen molar-refractivity contribution in [2.45, 2.75) is 50.5 Å². The second-order valence-electron chi connectivity index (χ2n) is 7.11. The zero-order valence-electron chi connectivity index (χ0n) is 14.7. The molecule has 3 heteroatoms. The van der Waals surface area contributed by atoms with Crippen molar-refractivity contribution in [3.05, 3.63) is 71.0 Å². The molecule has 0 radical (unpaired) electrons. The van der Waals surface area contributed by atoms with Crippen LogP contribution in [0.25, 0.3) is 0 Å². The Morgan fingerprint density at radius 1 is 0.960 bits per heavy atom. The van der Waals surface area contributed by atoms with Crippen LogP contribution < -0.4 is 5.32 Å². The molecule has 1 aliphatic carbocycles. The molecule has 0 amide bonds. The van der Waals surface area contributed by atoms with Crippen LogP contribution >= 0.6 is 0 Å². The number of rotatable bonds is 9. The summed E-state index contributed by atoms with van der Waals surface area (Å²) in [6, 6.07) is 15.1. The summed E-state index contributed by atoms with van der Waals surface area (Å²) in [5.41, 5.74) is 3.79. The maximum atomic E-state index is 13.2. The highest BCUT2D eigenvalue weighted by molar-refractivity contribution is 5.26. The highest BCUT2D eigenvalue weighted by Gasteiger charge is 2.18. The van der Waals surface area contributed by atoms with Crippen molar-refractivity contribution in [2.24, 2.45) is 0 Å². The van der Waals surface area contributed by atoms with Crippen molar-refractivity contribution in [3.8, 4) is 0 Å². The lowest BCUT2D eigenvalue weighted by Crippen LogP contribution is -2.34. The Balaban J connectivity index is 1.38. The maximum Gasteiger partial charge on any atom is 0.123 e. The van der Waals surface area contributed by atoms with E-state index in [0.29, 0.717) is 6.42 Å². The van der Waals surface area contributed by atoms with E-state index in [9.17, 15) is 8.78 Å². The Kier molecular flexibility index (Phi) is 6.57. The molecule has 0 spiro atoms. The highest BCUT2D eigenvalue weighted by atomic mass is 19.1. The van der Waals surface area contributed by atoms with Crippen LogP contribution in [0.1, 0.15) is 48.3 Å². The number of halogens is 2. The van der Waals surface area contributed by atoms with Crippen molar-refractivity contribution >= 4 is 0 Å². The normalized spacial score (nSPS) is 15.8. The van der Waals surface area contributed by atoms with Gasteiger partial charge in [-0.3, -0.25) is 0 Å². The molecule has 134 valence electrons. The van der Waals surface area contributed by atoms with Gasteiger partial charge in [0, 0.05) is 6.04 Å². The fourth-order valence-corrected chi connectivity index (χ4v) is 3.38. The molecule has 3 rings (SSSR count). The van der Waals surface area contributed by atoms with Crippen molar-refractivity contribution in [2.75, 3.05) is 13.2 Å². The average molecular weight is 343 g/mol. The van der Waals surface area contributed by atoms with Crippen LogP contribution in [0.4, 0.5) is 8.78 Å². The molecule has 0 aliphatic heterocycles. The molecule has 2 aromatic rings.